The summed E-state index contributed by atoms with van der Waals surface area (Å²) in [6, 6.07) is 12.8. The van der Waals surface area contributed by atoms with Gasteiger partial charge in [0.15, 0.2) is 0 Å². The number of ether oxygens (including phenoxy) is 2. The Balaban J connectivity index is 2.26. The van der Waals surface area contributed by atoms with Crippen molar-refractivity contribution in [1.29, 1.82) is 0 Å². The minimum Gasteiger partial charge on any atom is -0.438 e. The third kappa shape index (κ3) is 6.73. The molecule has 0 spiro atoms. The molecule has 2 aromatic rings. The molecule has 2 rings (SSSR count). The van der Waals surface area contributed by atoms with Gasteiger partial charge in [0, 0.05) is 6.04 Å². The molecule has 0 amide bonds. The number of nitrogens with one attached hydrogen (secondary N) is 1. The van der Waals surface area contributed by atoms with Gasteiger partial charge in [-0.2, -0.15) is 0 Å². The molecule has 0 aliphatic carbocycles. The van der Waals surface area contributed by atoms with Crippen LogP contribution in [0.25, 0.3) is 0 Å². The molecule has 0 radical (unpaired) electrons. The SMILES string of the molecule is COC(=O)OC/C=C\[C@H](Cc1ccccc1)NS(=O)(=O)c1c(C)cc(C)cc1C. The van der Waals surface area contributed by atoms with Crippen molar-refractivity contribution >= 4 is 16.2 Å². The molecule has 1 atom stereocenters. The Kier molecular flexibility index (Phi) is 7.99. The second-order valence-corrected chi connectivity index (χ2v) is 8.49. The fourth-order valence-electron chi connectivity index (χ4n) is 3.26. The van der Waals surface area contributed by atoms with Crippen molar-refractivity contribution in [1.82, 2.24) is 4.72 Å². The maximum Gasteiger partial charge on any atom is 0.508 e. The molecule has 6 nitrogen and oxygen atoms in total. The number of rotatable bonds is 8. The van der Waals surface area contributed by atoms with Crippen LogP contribution in [0.3, 0.4) is 0 Å². The smallest absolute Gasteiger partial charge is 0.438 e. The standard InChI is InChI=1S/C22H27NO5S/c1-16-13-17(2)21(18(3)14-16)29(25,26)23-20(11-8-12-28-22(24)27-4)15-19-9-6-5-7-10-19/h5-11,13-14,20,23H,12,15H2,1-4H3/b11-8-/t20-/m1/s1. The number of aryl methyl sites for hydroxylation is 3. The lowest BCUT2D eigenvalue weighted by Crippen LogP contribution is -2.36. The van der Waals surface area contributed by atoms with Crippen LogP contribution in [0, 0.1) is 20.8 Å². The van der Waals surface area contributed by atoms with Gasteiger partial charge in [-0.05, 0) is 50.0 Å². The van der Waals surface area contributed by atoms with E-state index in [1.807, 2.05) is 49.4 Å². The minimum absolute atomic E-state index is 0.0116. The van der Waals surface area contributed by atoms with Crippen molar-refractivity contribution < 1.29 is 22.7 Å². The second kappa shape index (κ2) is 10.2. The van der Waals surface area contributed by atoms with Gasteiger partial charge in [-0.15, -0.1) is 0 Å². The Bertz CT molecular complexity index is 945. The van der Waals surface area contributed by atoms with Crippen molar-refractivity contribution in [3.8, 4) is 0 Å². The zero-order valence-electron chi connectivity index (χ0n) is 17.1. The molecule has 0 heterocycles. The van der Waals surface area contributed by atoms with E-state index >= 15 is 0 Å². The summed E-state index contributed by atoms with van der Waals surface area (Å²) in [6.45, 7) is 5.51. The molecule has 0 saturated carbocycles. The lowest BCUT2D eigenvalue weighted by Gasteiger charge is -2.18. The van der Waals surface area contributed by atoms with Crippen molar-refractivity contribution in [2.24, 2.45) is 0 Å². The first kappa shape index (κ1) is 22.6. The Morgan fingerprint density at radius 3 is 2.31 bits per heavy atom. The lowest BCUT2D eigenvalue weighted by atomic mass is 10.1. The van der Waals surface area contributed by atoms with E-state index in [2.05, 4.69) is 9.46 Å². The molecule has 0 fully saturated rings. The second-order valence-electron chi connectivity index (χ2n) is 6.84. The van der Waals surface area contributed by atoms with Gasteiger partial charge < -0.3 is 9.47 Å². The van der Waals surface area contributed by atoms with Gasteiger partial charge in [-0.25, -0.2) is 17.9 Å². The summed E-state index contributed by atoms with van der Waals surface area (Å²) in [4.78, 5) is 11.4. The lowest BCUT2D eigenvalue weighted by molar-refractivity contribution is 0.0817. The summed E-state index contributed by atoms with van der Waals surface area (Å²) in [5.74, 6) is 0. The van der Waals surface area contributed by atoms with Crippen LogP contribution in [0.15, 0.2) is 59.5 Å². The summed E-state index contributed by atoms with van der Waals surface area (Å²) in [5, 5.41) is 0. The van der Waals surface area contributed by atoms with Crippen LogP contribution in [0.2, 0.25) is 0 Å². The van der Waals surface area contributed by atoms with E-state index in [0.29, 0.717) is 22.4 Å². The Morgan fingerprint density at radius 2 is 1.72 bits per heavy atom. The van der Waals surface area contributed by atoms with Gasteiger partial charge in [-0.3, -0.25) is 0 Å². The maximum atomic E-state index is 13.1. The predicted molar refractivity (Wildman–Crippen MR) is 112 cm³/mol. The van der Waals surface area contributed by atoms with Crippen molar-refractivity contribution in [2.45, 2.75) is 38.1 Å². The van der Waals surface area contributed by atoms with Crippen LogP contribution in [0.4, 0.5) is 4.79 Å². The van der Waals surface area contributed by atoms with Crippen molar-refractivity contribution in [3.63, 3.8) is 0 Å². The highest BCUT2D eigenvalue weighted by molar-refractivity contribution is 7.89. The number of benzene rings is 2. The number of sulfonamides is 1. The highest BCUT2D eigenvalue weighted by atomic mass is 32.2. The van der Waals surface area contributed by atoms with Crippen LogP contribution in [0.1, 0.15) is 22.3 Å². The summed E-state index contributed by atoms with van der Waals surface area (Å²) in [6.07, 6.45) is 2.95. The van der Waals surface area contributed by atoms with Gasteiger partial charge in [0.25, 0.3) is 0 Å². The normalized spacial score (nSPS) is 12.7. The molecule has 7 heteroatoms. The molecule has 29 heavy (non-hydrogen) atoms. The maximum absolute atomic E-state index is 13.1. The first-order valence-electron chi connectivity index (χ1n) is 9.24. The number of methoxy groups -OCH3 is 1. The van der Waals surface area contributed by atoms with Crippen LogP contribution < -0.4 is 4.72 Å². The fourth-order valence-corrected chi connectivity index (χ4v) is 4.90. The third-order valence-corrected chi connectivity index (χ3v) is 6.11. The molecule has 0 aliphatic rings. The van der Waals surface area contributed by atoms with Gasteiger partial charge >= 0.3 is 6.16 Å². The van der Waals surface area contributed by atoms with Crippen LogP contribution in [-0.2, 0) is 25.9 Å². The van der Waals surface area contributed by atoms with Gasteiger partial charge in [0.1, 0.15) is 6.61 Å². The quantitative estimate of drug-likeness (QED) is 0.521. The molecule has 0 aromatic heterocycles. The number of hydrogen-bond acceptors (Lipinski definition) is 5. The van der Waals surface area contributed by atoms with Gasteiger partial charge in [0.05, 0.1) is 12.0 Å². The zero-order valence-corrected chi connectivity index (χ0v) is 18.0. The number of carbonyl (C=O) groups is 1. The van der Waals surface area contributed by atoms with E-state index in [1.54, 1.807) is 26.0 Å². The van der Waals surface area contributed by atoms with Gasteiger partial charge in [-0.1, -0.05) is 54.1 Å². The molecule has 156 valence electrons. The predicted octanol–water partition coefficient (Wildman–Crippen LogP) is 3.84. The Morgan fingerprint density at radius 1 is 1.10 bits per heavy atom. The molecule has 0 unspecified atom stereocenters. The van der Waals surface area contributed by atoms with Gasteiger partial charge in [0.2, 0.25) is 10.0 Å². The molecule has 2 aromatic carbocycles. The summed E-state index contributed by atoms with van der Waals surface area (Å²) in [5.41, 5.74) is 3.40. The molecule has 0 bridgehead atoms. The van der Waals surface area contributed by atoms with Crippen molar-refractivity contribution in [3.05, 3.63) is 76.9 Å². The van der Waals surface area contributed by atoms with Crippen molar-refractivity contribution in [2.75, 3.05) is 13.7 Å². The molecule has 1 N–H and O–H groups in total. The zero-order chi connectivity index (χ0) is 21.4. The molecular weight excluding hydrogens is 390 g/mol. The van der Waals surface area contributed by atoms with Crippen LogP contribution >= 0.6 is 0 Å². The average Bonchev–Trinajstić information content (AvgIpc) is 2.64. The topological polar surface area (TPSA) is 81.7 Å². The minimum atomic E-state index is -3.75. The van der Waals surface area contributed by atoms with E-state index in [9.17, 15) is 13.2 Å². The first-order valence-corrected chi connectivity index (χ1v) is 10.7. The Hall–Kier alpha value is -2.64. The fraction of sp³-hybridized carbons (Fsp3) is 0.318. The van der Waals surface area contributed by atoms with E-state index in [4.69, 9.17) is 4.74 Å². The van der Waals surface area contributed by atoms with Crippen LogP contribution in [-0.4, -0.2) is 34.3 Å². The van der Waals surface area contributed by atoms with E-state index in [0.717, 1.165) is 11.1 Å². The monoisotopic (exact) mass is 417 g/mol. The molecular formula is C22H27NO5S. The number of hydrogen-bond donors (Lipinski definition) is 1. The average molecular weight is 418 g/mol. The summed E-state index contributed by atoms with van der Waals surface area (Å²) < 4.78 is 38.3. The number of carbonyl (C=O) groups excluding carboxylic acids is 1. The van der Waals surface area contributed by atoms with E-state index in [-0.39, 0.29) is 6.61 Å². The first-order chi connectivity index (χ1) is 13.7. The third-order valence-electron chi connectivity index (χ3n) is 4.31. The van der Waals surface area contributed by atoms with E-state index in [1.165, 1.54) is 7.11 Å². The molecule has 0 aliphatic heterocycles. The Labute approximate surface area is 172 Å². The van der Waals surface area contributed by atoms with Crippen LogP contribution in [0.5, 0.6) is 0 Å². The highest BCUT2D eigenvalue weighted by Gasteiger charge is 2.23. The van der Waals surface area contributed by atoms with E-state index < -0.39 is 22.2 Å². The molecule has 0 saturated heterocycles. The summed E-state index contributed by atoms with van der Waals surface area (Å²) in [7, 11) is -2.52. The highest BCUT2D eigenvalue weighted by Crippen LogP contribution is 2.22. The summed E-state index contributed by atoms with van der Waals surface area (Å²) >= 11 is 0. The largest absolute Gasteiger partial charge is 0.508 e.